The van der Waals surface area contributed by atoms with Crippen LogP contribution in [-0.4, -0.2) is 15.0 Å². The zero-order valence-electron chi connectivity index (χ0n) is 18.6. The van der Waals surface area contributed by atoms with Gasteiger partial charge in [-0.3, -0.25) is 0 Å². The van der Waals surface area contributed by atoms with Gasteiger partial charge in [-0.15, -0.1) is 0 Å². The van der Waals surface area contributed by atoms with E-state index in [0.29, 0.717) is 6.04 Å². The van der Waals surface area contributed by atoms with E-state index in [-0.39, 0.29) is 4.75 Å². The molecule has 0 radical (unpaired) electrons. The second-order valence-electron chi connectivity index (χ2n) is 10.3. The quantitative estimate of drug-likeness (QED) is 0.530. The van der Waals surface area contributed by atoms with Gasteiger partial charge in [0.15, 0.2) is 0 Å². The molecule has 0 heterocycles. The fraction of sp³-hybridized carbons (Fsp3) is 1.00. The molecule has 1 N–H and O–H groups in total. The van der Waals surface area contributed by atoms with Crippen molar-refractivity contribution in [3.05, 3.63) is 0 Å². The molecule has 0 bridgehead atoms. The topological polar surface area (TPSA) is 29.1 Å². The van der Waals surface area contributed by atoms with Gasteiger partial charge in [-0.2, -0.15) is 0 Å². The lowest BCUT2D eigenvalue weighted by atomic mass is 9.78. The lowest BCUT2D eigenvalue weighted by Crippen LogP contribution is -2.47. The van der Waals surface area contributed by atoms with Crippen molar-refractivity contribution in [1.82, 2.24) is 4.72 Å². The first-order chi connectivity index (χ1) is 13.0. The second-order valence-corrected chi connectivity index (χ2v) is 12.3. The molecule has 2 aliphatic carbocycles. The van der Waals surface area contributed by atoms with E-state index >= 15 is 0 Å². The zero-order chi connectivity index (χ0) is 19.5. The minimum absolute atomic E-state index is 0.174. The van der Waals surface area contributed by atoms with E-state index in [1.165, 1.54) is 109 Å². The Bertz CT molecular complexity index is 397. The molecule has 0 spiro atoms. The van der Waals surface area contributed by atoms with E-state index in [1.54, 1.807) is 0 Å². The third-order valence-electron chi connectivity index (χ3n) is 6.86. The van der Waals surface area contributed by atoms with Crippen LogP contribution in [0.5, 0.6) is 0 Å². The summed E-state index contributed by atoms with van der Waals surface area (Å²) in [5.41, 5.74) is 0. The average Bonchev–Trinajstić information content (AvgIpc) is 2.77. The maximum atomic E-state index is 13.1. The largest absolute Gasteiger partial charge is 0.242 e. The number of hydrogen-bond acceptors (Lipinski definition) is 1. The van der Waals surface area contributed by atoms with Crippen molar-refractivity contribution in [2.24, 2.45) is 11.8 Å². The number of hydrogen-bond donors (Lipinski definition) is 1. The highest BCUT2D eigenvalue weighted by Gasteiger charge is 2.33. The Hall–Kier alpha value is 0.110. The first kappa shape index (κ1) is 23.4. The minimum atomic E-state index is -0.953. The summed E-state index contributed by atoms with van der Waals surface area (Å²) in [6.45, 7) is 6.34. The van der Waals surface area contributed by atoms with Crippen LogP contribution in [0.3, 0.4) is 0 Å². The van der Waals surface area contributed by atoms with Gasteiger partial charge in [-0.05, 0) is 58.3 Å². The molecule has 0 saturated heterocycles. The first-order valence-corrected chi connectivity index (χ1v) is 13.3. The molecule has 2 fully saturated rings. The first-order valence-electron chi connectivity index (χ1n) is 12.2. The van der Waals surface area contributed by atoms with Crippen molar-refractivity contribution in [3.63, 3.8) is 0 Å². The van der Waals surface area contributed by atoms with Crippen LogP contribution in [0.15, 0.2) is 0 Å². The van der Waals surface area contributed by atoms with Crippen molar-refractivity contribution >= 4 is 11.0 Å². The average molecular weight is 398 g/mol. The molecule has 0 aromatic rings. The summed E-state index contributed by atoms with van der Waals surface area (Å²) >= 11 is 0. The van der Waals surface area contributed by atoms with Gasteiger partial charge >= 0.3 is 0 Å². The highest BCUT2D eigenvalue weighted by Crippen LogP contribution is 2.34. The molecule has 0 aliphatic heterocycles. The molecule has 2 atom stereocenters. The number of nitrogens with one attached hydrogen (secondary N) is 1. The summed E-state index contributed by atoms with van der Waals surface area (Å²) in [5.74, 6) is 1.45. The van der Waals surface area contributed by atoms with E-state index < -0.39 is 11.0 Å². The van der Waals surface area contributed by atoms with Crippen LogP contribution in [0.4, 0.5) is 0 Å². The standard InChI is InChI=1S/C24H47NOS/c1-24(2,3)27(26)25-23(22-19-15-11-7-8-12-16-20-22)21-17-13-9-5-4-6-10-14-18-21/h21-23,25H,4-20H2,1-3H3. The van der Waals surface area contributed by atoms with Crippen LogP contribution < -0.4 is 4.72 Å². The third-order valence-corrected chi connectivity index (χ3v) is 8.46. The fourth-order valence-corrected chi connectivity index (χ4v) is 6.09. The Morgan fingerprint density at radius 2 is 0.926 bits per heavy atom. The van der Waals surface area contributed by atoms with Gasteiger partial charge in [0.2, 0.25) is 0 Å². The molecule has 2 unspecified atom stereocenters. The SMILES string of the molecule is CC(C)(C)S(=O)NC(C1CCCCCCCCC1)C1CCCCCCCC1. The second kappa shape index (κ2) is 12.6. The lowest BCUT2D eigenvalue weighted by molar-refractivity contribution is 0.224. The molecular formula is C24H47NOS. The van der Waals surface area contributed by atoms with Crippen molar-refractivity contribution in [3.8, 4) is 0 Å². The van der Waals surface area contributed by atoms with Crippen molar-refractivity contribution in [2.75, 3.05) is 0 Å². The molecule has 3 heteroatoms. The van der Waals surface area contributed by atoms with Gasteiger partial charge in [-0.1, -0.05) is 83.5 Å². The van der Waals surface area contributed by atoms with Crippen LogP contribution >= 0.6 is 0 Å². The van der Waals surface area contributed by atoms with Crippen LogP contribution in [0, 0.1) is 11.8 Å². The molecule has 2 nitrogen and oxygen atoms in total. The molecular weight excluding hydrogens is 350 g/mol. The van der Waals surface area contributed by atoms with Crippen molar-refractivity contribution in [1.29, 1.82) is 0 Å². The molecule has 2 saturated carbocycles. The maximum absolute atomic E-state index is 13.1. The maximum Gasteiger partial charge on any atom is 0.0972 e. The molecule has 0 amide bonds. The Labute approximate surface area is 172 Å². The Balaban J connectivity index is 2.12. The monoisotopic (exact) mass is 397 g/mol. The normalized spacial score (nSPS) is 25.7. The minimum Gasteiger partial charge on any atom is -0.242 e. The van der Waals surface area contributed by atoms with Crippen LogP contribution in [0.25, 0.3) is 0 Å². The van der Waals surface area contributed by atoms with Gasteiger partial charge in [0.05, 0.1) is 15.7 Å². The Morgan fingerprint density at radius 3 is 1.22 bits per heavy atom. The summed E-state index contributed by atoms with van der Waals surface area (Å²) in [5, 5.41) is 0. The zero-order valence-corrected chi connectivity index (χ0v) is 19.4. The highest BCUT2D eigenvalue weighted by molar-refractivity contribution is 7.84. The third kappa shape index (κ3) is 8.98. The predicted molar refractivity (Wildman–Crippen MR) is 120 cm³/mol. The van der Waals surface area contributed by atoms with Gasteiger partial charge in [0.1, 0.15) is 0 Å². The van der Waals surface area contributed by atoms with Gasteiger partial charge < -0.3 is 0 Å². The highest BCUT2D eigenvalue weighted by atomic mass is 32.2. The van der Waals surface area contributed by atoms with Gasteiger partial charge in [-0.25, -0.2) is 8.93 Å². The van der Waals surface area contributed by atoms with Crippen LogP contribution in [0.1, 0.15) is 130 Å². The van der Waals surface area contributed by atoms with E-state index in [1.807, 2.05) is 0 Å². The van der Waals surface area contributed by atoms with Crippen LogP contribution in [-0.2, 0) is 11.0 Å². The summed E-state index contributed by atoms with van der Waals surface area (Å²) in [6.07, 6.45) is 23.6. The van der Waals surface area contributed by atoms with E-state index in [9.17, 15) is 4.21 Å². The molecule has 2 aliphatic rings. The fourth-order valence-electron chi connectivity index (χ4n) is 5.10. The Morgan fingerprint density at radius 1 is 0.630 bits per heavy atom. The predicted octanol–water partition coefficient (Wildman–Crippen LogP) is 7.30. The van der Waals surface area contributed by atoms with Gasteiger partial charge in [0.25, 0.3) is 0 Å². The van der Waals surface area contributed by atoms with E-state index in [0.717, 1.165) is 11.8 Å². The molecule has 27 heavy (non-hydrogen) atoms. The molecule has 0 aromatic heterocycles. The molecule has 2 rings (SSSR count). The molecule has 0 aromatic carbocycles. The Kier molecular flexibility index (Phi) is 10.9. The summed E-state index contributed by atoms with van der Waals surface area (Å²) in [7, 11) is -0.953. The molecule has 160 valence electrons. The van der Waals surface area contributed by atoms with Crippen molar-refractivity contribution < 1.29 is 4.21 Å². The van der Waals surface area contributed by atoms with Gasteiger partial charge in [0, 0.05) is 6.04 Å². The summed E-state index contributed by atoms with van der Waals surface area (Å²) in [6, 6.07) is 0.461. The van der Waals surface area contributed by atoms with Crippen molar-refractivity contribution in [2.45, 2.75) is 141 Å². The number of rotatable bonds is 4. The van der Waals surface area contributed by atoms with E-state index in [4.69, 9.17) is 0 Å². The summed E-state index contributed by atoms with van der Waals surface area (Å²) in [4.78, 5) is 0. The van der Waals surface area contributed by atoms with Crippen LogP contribution in [0.2, 0.25) is 0 Å². The van der Waals surface area contributed by atoms with E-state index in [2.05, 4.69) is 25.5 Å². The lowest BCUT2D eigenvalue weighted by Gasteiger charge is -2.37. The summed E-state index contributed by atoms with van der Waals surface area (Å²) < 4.78 is 16.6. The smallest absolute Gasteiger partial charge is 0.0972 e.